The molecule has 136 valence electrons. The number of aromatic nitrogens is 1. The molecule has 0 fully saturated rings. The highest BCUT2D eigenvalue weighted by molar-refractivity contribution is 8.02. The largest absolute Gasteiger partial charge is 0.252 e. The summed E-state index contributed by atoms with van der Waals surface area (Å²) in [5.41, 5.74) is 7.12. The molecule has 1 aliphatic carbocycles. The molecule has 0 unspecified atom stereocenters. The van der Waals surface area contributed by atoms with Gasteiger partial charge in [0.15, 0.2) is 0 Å². The van der Waals surface area contributed by atoms with Crippen LogP contribution in [-0.2, 0) is 0 Å². The van der Waals surface area contributed by atoms with Crippen LogP contribution in [0.25, 0.3) is 11.3 Å². The van der Waals surface area contributed by atoms with Crippen molar-refractivity contribution in [3.63, 3.8) is 0 Å². The van der Waals surface area contributed by atoms with Gasteiger partial charge in [0.2, 0.25) is 0 Å². The molecule has 0 amide bonds. The van der Waals surface area contributed by atoms with Gasteiger partial charge in [0.25, 0.3) is 0 Å². The average Bonchev–Trinajstić information content (AvgIpc) is 2.70. The number of pyridine rings is 1. The molecule has 2 nitrogen and oxygen atoms in total. The van der Waals surface area contributed by atoms with Gasteiger partial charge in [0.05, 0.1) is 17.1 Å². The monoisotopic (exact) mass is 372 g/mol. The zero-order valence-electron chi connectivity index (χ0n) is 16.1. The number of hydrogen-bond donors (Lipinski definition) is 0. The highest BCUT2D eigenvalue weighted by Gasteiger charge is 2.19. The van der Waals surface area contributed by atoms with E-state index in [9.17, 15) is 0 Å². The first-order chi connectivity index (χ1) is 13.1. The molecular formula is C24H24N2S. The molecular weight excluding hydrogens is 348 g/mol. The van der Waals surface area contributed by atoms with E-state index in [0.717, 1.165) is 23.5 Å². The maximum Gasteiger partial charge on any atom is 0.0883 e. The minimum Gasteiger partial charge on any atom is -0.252 e. The van der Waals surface area contributed by atoms with Crippen LogP contribution in [0.3, 0.4) is 0 Å². The molecule has 0 aliphatic heterocycles. The lowest BCUT2D eigenvalue weighted by molar-refractivity contribution is 1.16. The van der Waals surface area contributed by atoms with Gasteiger partial charge in [0, 0.05) is 16.2 Å². The second-order valence-corrected chi connectivity index (χ2v) is 7.12. The number of benzene rings is 1. The SMILES string of the molecule is C=C(N=C1C=CC=C(SC)/C1=C(/CC)c1ccccc1)c1cccc(C)n1. The Hall–Kier alpha value is -2.65. The van der Waals surface area contributed by atoms with E-state index in [0.29, 0.717) is 5.70 Å². The third-order valence-electron chi connectivity index (χ3n) is 4.44. The van der Waals surface area contributed by atoms with Crippen LogP contribution in [0, 0.1) is 6.92 Å². The zero-order chi connectivity index (χ0) is 19.2. The Morgan fingerprint density at radius 2 is 1.89 bits per heavy atom. The Labute approximate surface area is 166 Å². The fraction of sp³-hybridized carbons (Fsp3) is 0.167. The van der Waals surface area contributed by atoms with Crippen molar-refractivity contribution in [1.29, 1.82) is 0 Å². The first kappa shape index (κ1) is 19.1. The molecule has 3 heteroatoms. The number of aryl methyl sites for hydroxylation is 1. The van der Waals surface area contributed by atoms with E-state index in [4.69, 9.17) is 4.99 Å². The summed E-state index contributed by atoms with van der Waals surface area (Å²) in [5.74, 6) is 0. The van der Waals surface area contributed by atoms with Gasteiger partial charge in [-0.15, -0.1) is 11.8 Å². The maximum absolute atomic E-state index is 4.88. The number of allylic oxidation sites excluding steroid dienone is 5. The molecule has 27 heavy (non-hydrogen) atoms. The van der Waals surface area contributed by atoms with Crippen LogP contribution in [0.15, 0.2) is 88.8 Å². The van der Waals surface area contributed by atoms with Crippen molar-refractivity contribution in [1.82, 2.24) is 4.98 Å². The van der Waals surface area contributed by atoms with Crippen molar-refractivity contribution in [2.45, 2.75) is 20.3 Å². The molecule has 1 heterocycles. The summed E-state index contributed by atoms with van der Waals surface area (Å²) < 4.78 is 0. The summed E-state index contributed by atoms with van der Waals surface area (Å²) >= 11 is 1.75. The van der Waals surface area contributed by atoms with E-state index in [1.54, 1.807) is 11.8 Å². The van der Waals surface area contributed by atoms with Crippen molar-refractivity contribution < 1.29 is 0 Å². The predicted octanol–water partition coefficient (Wildman–Crippen LogP) is 6.48. The van der Waals surface area contributed by atoms with Crippen LogP contribution >= 0.6 is 11.8 Å². The normalized spacial score (nSPS) is 17.0. The van der Waals surface area contributed by atoms with Gasteiger partial charge in [-0.2, -0.15) is 0 Å². The molecule has 0 N–H and O–H groups in total. The second-order valence-electron chi connectivity index (χ2n) is 6.28. The number of nitrogens with zero attached hydrogens (tertiary/aromatic N) is 2. The molecule has 2 aromatic rings. The fourth-order valence-corrected chi connectivity index (χ4v) is 3.80. The summed E-state index contributed by atoms with van der Waals surface area (Å²) in [7, 11) is 0. The molecule has 0 radical (unpaired) electrons. The Morgan fingerprint density at radius 1 is 1.11 bits per heavy atom. The lowest BCUT2D eigenvalue weighted by Crippen LogP contribution is -2.08. The quantitative estimate of drug-likeness (QED) is 0.600. The van der Waals surface area contributed by atoms with E-state index in [1.807, 2.05) is 31.2 Å². The van der Waals surface area contributed by atoms with Crippen LogP contribution in [-0.4, -0.2) is 17.0 Å². The lowest BCUT2D eigenvalue weighted by atomic mass is 9.92. The summed E-state index contributed by atoms with van der Waals surface area (Å²) in [6.45, 7) is 8.35. The fourth-order valence-electron chi connectivity index (χ4n) is 3.16. The first-order valence-corrected chi connectivity index (χ1v) is 10.3. The van der Waals surface area contributed by atoms with Crippen LogP contribution < -0.4 is 0 Å². The summed E-state index contributed by atoms with van der Waals surface area (Å²) in [6.07, 6.45) is 9.32. The molecule has 0 atom stereocenters. The van der Waals surface area contributed by atoms with Gasteiger partial charge >= 0.3 is 0 Å². The standard InChI is InChI=1S/C24H24N2S/c1-5-20(19-12-7-6-8-13-19)24-22(15-10-16-23(24)27-4)26-18(3)21-14-9-11-17(2)25-21/h6-16H,3,5H2,1-2,4H3/b24-20-,26-22?. The molecule has 1 aromatic carbocycles. The van der Waals surface area contributed by atoms with Gasteiger partial charge in [-0.1, -0.05) is 56.0 Å². The molecule has 0 saturated heterocycles. The highest BCUT2D eigenvalue weighted by Crippen LogP contribution is 2.35. The number of aliphatic imine (C=N–C) groups is 1. The number of thioether (sulfide) groups is 1. The third-order valence-corrected chi connectivity index (χ3v) is 5.22. The third kappa shape index (κ3) is 4.37. The average molecular weight is 373 g/mol. The zero-order valence-corrected chi connectivity index (χ0v) is 16.9. The van der Waals surface area contributed by atoms with E-state index >= 15 is 0 Å². The first-order valence-electron chi connectivity index (χ1n) is 9.07. The van der Waals surface area contributed by atoms with Gasteiger partial charge in [-0.05, 0) is 55.0 Å². The van der Waals surface area contributed by atoms with Crippen molar-refractivity contribution in [3.8, 4) is 0 Å². The van der Waals surface area contributed by atoms with Gasteiger partial charge < -0.3 is 0 Å². The molecule has 0 bridgehead atoms. The molecule has 1 aliphatic rings. The Balaban J connectivity index is 2.13. The highest BCUT2D eigenvalue weighted by atomic mass is 32.2. The van der Waals surface area contributed by atoms with Crippen LogP contribution in [0.1, 0.15) is 30.3 Å². The van der Waals surface area contributed by atoms with Crippen molar-refractivity contribution >= 4 is 28.7 Å². The van der Waals surface area contributed by atoms with Gasteiger partial charge in [0.1, 0.15) is 0 Å². The molecule has 3 rings (SSSR count). The lowest BCUT2D eigenvalue weighted by Gasteiger charge is -2.20. The maximum atomic E-state index is 4.88. The predicted molar refractivity (Wildman–Crippen MR) is 120 cm³/mol. The van der Waals surface area contributed by atoms with Gasteiger partial charge in [-0.3, -0.25) is 4.98 Å². The smallest absolute Gasteiger partial charge is 0.0883 e. The van der Waals surface area contributed by atoms with Crippen LogP contribution in [0.4, 0.5) is 0 Å². The minimum absolute atomic E-state index is 0.682. The van der Waals surface area contributed by atoms with E-state index in [-0.39, 0.29) is 0 Å². The topological polar surface area (TPSA) is 25.2 Å². The molecule has 1 aromatic heterocycles. The number of rotatable bonds is 5. The molecule has 0 spiro atoms. The molecule has 0 saturated carbocycles. The van der Waals surface area contributed by atoms with E-state index in [2.05, 4.69) is 67.2 Å². The Morgan fingerprint density at radius 3 is 2.56 bits per heavy atom. The van der Waals surface area contributed by atoms with Crippen molar-refractivity contribution in [2.24, 2.45) is 4.99 Å². The van der Waals surface area contributed by atoms with Gasteiger partial charge in [-0.25, -0.2) is 4.99 Å². The second kappa shape index (κ2) is 8.83. The summed E-state index contributed by atoms with van der Waals surface area (Å²) in [6, 6.07) is 16.5. The van der Waals surface area contributed by atoms with Crippen molar-refractivity contribution in [2.75, 3.05) is 6.26 Å². The number of hydrogen-bond acceptors (Lipinski definition) is 3. The minimum atomic E-state index is 0.682. The van der Waals surface area contributed by atoms with Crippen LogP contribution in [0.2, 0.25) is 0 Å². The van der Waals surface area contributed by atoms with Crippen molar-refractivity contribution in [3.05, 3.63) is 101 Å². The Kier molecular flexibility index (Phi) is 6.25. The van der Waals surface area contributed by atoms with E-state index in [1.165, 1.54) is 21.6 Å². The summed E-state index contributed by atoms with van der Waals surface area (Å²) in [5, 5.41) is 0. The van der Waals surface area contributed by atoms with E-state index < -0.39 is 0 Å². The summed E-state index contributed by atoms with van der Waals surface area (Å²) in [4.78, 5) is 10.7. The van der Waals surface area contributed by atoms with Crippen LogP contribution in [0.5, 0.6) is 0 Å². The Bertz CT molecular complexity index is 963.